The Labute approximate surface area is 61.9 Å². The molecule has 0 spiro atoms. The molecule has 1 aromatic rings. The molecule has 0 fully saturated rings. The van der Waals surface area contributed by atoms with Gasteiger partial charge in [0.15, 0.2) is 5.82 Å². The van der Waals surface area contributed by atoms with Gasteiger partial charge in [-0.15, -0.1) is 11.8 Å². The number of hydrogen-bond donors (Lipinski definition) is 1. The average Bonchev–Trinajstić information content (AvgIpc) is 1.94. The number of nitrogen functional groups attached to an aromatic ring is 1. The smallest absolute Gasteiger partial charge is 0.221 e. The topological polar surface area (TPSA) is 51.8 Å². The van der Waals surface area contributed by atoms with Crippen LogP contribution in [0.2, 0.25) is 0 Å². The van der Waals surface area contributed by atoms with E-state index in [4.69, 9.17) is 5.73 Å². The summed E-state index contributed by atoms with van der Waals surface area (Å²) in [7, 11) is 0. The van der Waals surface area contributed by atoms with Crippen LogP contribution in [-0.2, 0) is 0 Å². The van der Waals surface area contributed by atoms with E-state index >= 15 is 0 Å². The van der Waals surface area contributed by atoms with Crippen LogP contribution in [0.5, 0.6) is 0 Å². The highest BCUT2D eigenvalue weighted by molar-refractivity contribution is 7.98. The van der Waals surface area contributed by atoms with Gasteiger partial charge in [-0.3, -0.25) is 0 Å². The van der Waals surface area contributed by atoms with Gasteiger partial charge in [0.2, 0.25) is 5.95 Å². The van der Waals surface area contributed by atoms with E-state index in [2.05, 4.69) is 9.97 Å². The van der Waals surface area contributed by atoms with Crippen LogP contribution in [0.3, 0.4) is 0 Å². The molecule has 0 saturated heterocycles. The molecule has 0 saturated carbocycles. The Morgan fingerprint density at radius 2 is 2.40 bits per heavy atom. The van der Waals surface area contributed by atoms with Crippen molar-refractivity contribution in [3.63, 3.8) is 0 Å². The molecule has 1 aromatic heterocycles. The molecule has 10 heavy (non-hydrogen) atoms. The Bertz CT molecular complexity index is 240. The summed E-state index contributed by atoms with van der Waals surface area (Å²) in [6.07, 6.45) is 2.79. The fraction of sp³-hybridized carbons (Fsp3) is 0.200. The van der Waals surface area contributed by atoms with Gasteiger partial charge in [-0.1, -0.05) is 0 Å². The molecule has 0 amide bonds. The zero-order chi connectivity index (χ0) is 7.56. The van der Waals surface area contributed by atoms with Gasteiger partial charge in [0.1, 0.15) is 5.03 Å². The Morgan fingerprint density at radius 3 is 2.90 bits per heavy atom. The van der Waals surface area contributed by atoms with E-state index < -0.39 is 5.82 Å². The van der Waals surface area contributed by atoms with Crippen LogP contribution in [0.4, 0.5) is 10.3 Å². The summed E-state index contributed by atoms with van der Waals surface area (Å²) >= 11 is 1.20. The molecule has 0 unspecified atom stereocenters. The lowest BCUT2D eigenvalue weighted by atomic mass is 10.6. The number of anilines is 1. The van der Waals surface area contributed by atoms with E-state index in [1.54, 1.807) is 6.26 Å². The highest BCUT2D eigenvalue weighted by Crippen LogP contribution is 2.14. The quantitative estimate of drug-likeness (QED) is 0.489. The average molecular weight is 159 g/mol. The lowest BCUT2D eigenvalue weighted by Crippen LogP contribution is -1.97. The normalized spacial score (nSPS) is 9.80. The minimum Gasteiger partial charge on any atom is -0.368 e. The highest BCUT2D eigenvalue weighted by atomic mass is 32.2. The molecule has 0 bridgehead atoms. The molecule has 0 atom stereocenters. The fourth-order valence-electron chi connectivity index (χ4n) is 0.507. The SMILES string of the molecule is CSc1nc(N)ncc1F. The number of thioether (sulfide) groups is 1. The summed E-state index contributed by atoms with van der Waals surface area (Å²) in [5.74, 6) is -0.326. The third-order valence-corrected chi connectivity index (χ3v) is 1.60. The maximum atomic E-state index is 12.6. The number of hydrogen-bond acceptors (Lipinski definition) is 4. The third-order valence-electron chi connectivity index (χ3n) is 0.924. The molecule has 3 nitrogen and oxygen atoms in total. The van der Waals surface area contributed by atoms with E-state index in [9.17, 15) is 4.39 Å². The second kappa shape index (κ2) is 2.83. The van der Waals surface area contributed by atoms with E-state index in [1.165, 1.54) is 11.8 Å². The van der Waals surface area contributed by atoms with Gasteiger partial charge >= 0.3 is 0 Å². The Morgan fingerprint density at radius 1 is 1.70 bits per heavy atom. The Balaban J connectivity index is 3.09. The first-order valence-corrected chi connectivity index (χ1v) is 3.78. The predicted octanol–water partition coefficient (Wildman–Crippen LogP) is 0.920. The van der Waals surface area contributed by atoms with Gasteiger partial charge in [0.05, 0.1) is 6.20 Å². The highest BCUT2D eigenvalue weighted by Gasteiger charge is 2.01. The van der Waals surface area contributed by atoms with Crippen LogP contribution in [0.25, 0.3) is 0 Å². The van der Waals surface area contributed by atoms with Crippen LogP contribution >= 0.6 is 11.8 Å². The van der Waals surface area contributed by atoms with E-state index in [0.29, 0.717) is 0 Å². The predicted molar refractivity (Wildman–Crippen MR) is 38.2 cm³/mol. The van der Waals surface area contributed by atoms with Crippen molar-refractivity contribution in [1.29, 1.82) is 0 Å². The third kappa shape index (κ3) is 1.36. The molecule has 5 heteroatoms. The minimum atomic E-state index is -0.429. The van der Waals surface area contributed by atoms with Gasteiger partial charge in [-0.2, -0.15) is 0 Å². The molecule has 1 heterocycles. The standard InChI is InChI=1S/C5H6FN3S/c1-10-4-3(6)2-8-5(7)9-4/h2H,1H3,(H2,7,8,9). The van der Waals surface area contributed by atoms with E-state index in [-0.39, 0.29) is 11.0 Å². The van der Waals surface area contributed by atoms with Gasteiger partial charge in [-0.25, -0.2) is 14.4 Å². The maximum absolute atomic E-state index is 12.6. The first kappa shape index (κ1) is 7.27. The van der Waals surface area contributed by atoms with Crippen molar-refractivity contribution in [2.45, 2.75) is 5.03 Å². The monoisotopic (exact) mass is 159 g/mol. The number of nitrogens with two attached hydrogens (primary N) is 1. The second-order valence-corrected chi connectivity index (χ2v) is 2.38. The largest absolute Gasteiger partial charge is 0.368 e. The lowest BCUT2D eigenvalue weighted by Gasteiger charge is -1.96. The summed E-state index contributed by atoms with van der Waals surface area (Å²) in [6, 6.07) is 0. The van der Waals surface area contributed by atoms with Crippen LogP contribution in [0, 0.1) is 5.82 Å². The van der Waals surface area contributed by atoms with Crippen molar-refractivity contribution >= 4 is 17.7 Å². The van der Waals surface area contributed by atoms with Gasteiger partial charge < -0.3 is 5.73 Å². The zero-order valence-electron chi connectivity index (χ0n) is 5.34. The summed E-state index contributed by atoms with van der Waals surface area (Å²) in [6.45, 7) is 0. The summed E-state index contributed by atoms with van der Waals surface area (Å²) < 4.78 is 12.6. The van der Waals surface area contributed by atoms with Gasteiger partial charge in [-0.05, 0) is 6.26 Å². The molecular formula is C5H6FN3S. The summed E-state index contributed by atoms with van der Waals surface area (Å²) in [5, 5.41) is 0.285. The van der Waals surface area contributed by atoms with Crippen molar-refractivity contribution in [2.24, 2.45) is 0 Å². The van der Waals surface area contributed by atoms with E-state index in [0.717, 1.165) is 6.20 Å². The zero-order valence-corrected chi connectivity index (χ0v) is 6.15. The second-order valence-electron chi connectivity index (χ2n) is 1.59. The van der Waals surface area contributed by atoms with Gasteiger partial charge in [0, 0.05) is 0 Å². The summed E-state index contributed by atoms with van der Waals surface area (Å²) in [5.41, 5.74) is 5.20. The van der Waals surface area contributed by atoms with Crippen LogP contribution in [0.15, 0.2) is 11.2 Å². The molecule has 0 aliphatic carbocycles. The first-order chi connectivity index (χ1) is 4.74. The van der Waals surface area contributed by atoms with Crippen molar-refractivity contribution in [3.05, 3.63) is 12.0 Å². The van der Waals surface area contributed by atoms with Gasteiger partial charge in [0.25, 0.3) is 0 Å². The molecule has 0 aliphatic rings. The maximum Gasteiger partial charge on any atom is 0.221 e. The number of nitrogens with zero attached hydrogens (tertiary/aromatic N) is 2. The molecule has 1 rings (SSSR count). The van der Waals surface area contributed by atoms with E-state index in [1.807, 2.05) is 0 Å². The van der Waals surface area contributed by atoms with Crippen LogP contribution < -0.4 is 5.73 Å². The van der Waals surface area contributed by atoms with Crippen molar-refractivity contribution in [2.75, 3.05) is 12.0 Å². The lowest BCUT2D eigenvalue weighted by molar-refractivity contribution is 0.581. The Hall–Kier alpha value is -0.840. The van der Waals surface area contributed by atoms with Crippen molar-refractivity contribution in [3.8, 4) is 0 Å². The van der Waals surface area contributed by atoms with Crippen LogP contribution in [0.1, 0.15) is 0 Å². The van der Waals surface area contributed by atoms with Crippen molar-refractivity contribution < 1.29 is 4.39 Å². The fourth-order valence-corrected chi connectivity index (χ4v) is 0.940. The molecule has 0 aliphatic heterocycles. The molecular weight excluding hydrogens is 153 g/mol. The van der Waals surface area contributed by atoms with Crippen molar-refractivity contribution in [1.82, 2.24) is 9.97 Å². The van der Waals surface area contributed by atoms with Crippen LogP contribution in [-0.4, -0.2) is 16.2 Å². The molecule has 0 aromatic carbocycles. The number of halogens is 1. The number of rotatable bonds is 1. The Kier molecular flexibility index (Phi) is 2.06. The molecule has 54 valence electrons. The summed E-state index contributed by atoms with van der Waals surface area (Å²) in [4.78, 5) is 7.11. The minimum absolute atomic E-state index is 0.103. The first-order valence-electron chi connectivity index (χ1n) is 2.56. The molecule has 2 N–H and O–H groups in total. The molecule has 0 radical (unpaired) electrons. The number of aromatic nitrogens is 2.